The van der Waals surface area contributed by atoms with Gasteiger partial charge in [0.15, 0.2) is 0 Å². The van der Waals surface area contributed by atoms with E-state index in [1.165, 1.54) is 50.5 Å². The predicted molar refractivity (Wildman–Crippen MR) is 62.0 cm³/mol. The summed E-state index contributed by atoms with van der Waals surface area (Å²) in [5, 5.41) is 8.39. The summed E-state index contributed by atoms with van der Waals surface area (Å²) in [5.74, 6) is 0. The number of hydrogen-bond donors (Lipinski definition) is 0. The van der Waals surface area contributed by atoms with Crippen LogP contribution in [0.15, 0.2) is 11.6 Å². The fourth-order valence-electron chi connectivity index (χ4n) is 1.51. The Morgan fingerprint density at radius 1 is 1.14 bits per heavy atom. The second kappa shape index (κ2) is 10.3. The first-order chi connectivity index (χ1) is 6.81. The van der Waals surface area contributed by atoms with Crippen LogP contribution in [0.1, 0.15) is 65.2 Å². The predicted octanol–water partition coefficient (Wildman–Crippen LogP) is 4.60. The minimum atomic E-state index is 0.571. The molecule has 0 radical (unpaired) electrons. The van der Waals surface area contributed by atoms with Crippen molar-refractivity contribution in [1.29, 1.82) is 5.26 Å². The number of allylic oxidation sites excluding steroid dienone is 2. The molecular formula is C13H23N. The average molecular weight is 193 g/mol. The van der Waals surface area contributed by atoms with Crippen molar-refractivity contribution in [2.45, 2.75) is 65.2 Å². The Balaban J connectivity index is 3.23. The van der Waals surface area contributed by atoms with Gasteiger partial charge in [0.25, 0.3) is 0 Å². The van der Waals surface area contributed by atoms with Gasteiger partial charge in [-0.15, -0.1) is 0 Å². The van der Waals surface area contributed by atoms with Gasteiger partial charge >= 0.3 is 0 Å². The molecule has 0 saturated carbocycles. The second-order valence-corrected chi connectivity index (χ2v) is 3.93. The van der Waals surface area contributed by atoms with Crippen molar-refractivity contribution in [3.8, 4) is 6.07 Å². The third-order valence-electron chi connectivity index (χ3n) is 2.47. The van der Waals surface area contributed by atoms with Gasteiger partial charge in [0.2, 0.25) is 0 Å². The molecule has 1 heteroatoms. The van der Waals surface area contributed by atoms with Crippen molar-refractivity contribution in [2.24, 2.45) is 0 Å². The first-order valence-corrected chi connectivity index (χ1v) is 5.83. The number of unbranched alkanes of at least 4 members (excludes halogenated alkanes) is 5. The van der Waals surface area contributed by atoms with Crippen LogP contribution in [0.2, 0.25) is 0 Å². The Morgan fingerprint density at radius 3 is 2.43 bits per heavy atom. The highest BCUT2D eigenvalue weighted by atomic mass is 14.2. The molecule has 0 saturated heterocycles. The molecule has 0 heterocycles. The average Bonchev–Trinajstić information content (AvgIpc) is 2.20. The van der Waals surface area contributed by atoms with E-state index in [9.17, 15) is 0 Å². The Bertz CT molecular complexity index is 186. The van der Waals surface area contributed by atoms with Crippen LogP contribution in [0, 0.1) is 11.3 Å². The van der Waals surface area contributed by atoms with Gasteiger partial charge in [0.1, 0.15) is 0 Å². The summed E-state index contributed by atoms with van der Waals surface area (Å²) in [5.41, 5.74) is 1.38. The van der Waals surface area contributed by atoms with Crippen LogP contribution >= 0.6 is 0 Å². The van der Waals surface area contributed by atoms with Gasteiger partial charge in [0.05, 0.1) is 12.5 Å². The lowest BCUT2D eigenvalue weighted by atomic mass is 10.1. The molecular weight excluding hydrogens is 170 g/mol. The summed E-state index contributed by atoms with van der Waals surface area (Å²) in [6, 6.07) is 2.14. The summed E-state index contributed by atoms with van der Waals surface area (Å²) >= 11 is 0. The molecule has 1 nitrogen and oxygen atoms in total. The lowest BCUT2D eigenvalue weighted by Crippen LogP contribution is -1.81. The van der Waals surface area contributed by atoms with E-state index in [0.29, 0.717) is 6.42 Å². The molecule has 0 atom stereocenters. The first kappa shape index (κ1) is 13.2. The molecule has 80 valence electrons. The zero-order valence-electron chi connectivity index (χ0n) is 9.68. The molecule has 0 aromatic carbocycles. The zero-order valence-corrected chi connectivity index (χ0v) is 9.68. The molecule has 0 rings (SSSR count). The van der Waals surface area contributed by atoms with Gasteiger partial charge < -0.3 is 0 Å². The molecule has 0 N–H and O–H groups in total. The Kier molecular flexibility index (Phi) is 9.74. The topological polar surface area (TPSA) is 23.8 Å². The fraction of sp³-hybridized carbons (Fsp3) is 0.769. The lowest BCUT2D eigenvalue weighted by molar-refractivity contribution is 0.606. The maximum absolute atomic E-state index is 8.39. The van der Waals surface area contributed by atoms with E-state index in [4.69, 9.17) is 5.26 Å². The van der Waals surface area contributed by atoms with E-state index < -0.39 is 0 Å². The first-order valence-electron chi connectivity index (χ1n) is 5.83. The van der Waals surface area contributed by atoms with E-state index in [1.54, 1.807) is 0 Å². The molecule has 0 amide bonds. The summed E-state index contributed by atoms with van der Waals surface area (Å²) in [4.78, 5) is 0. The molecule has 0 aromatic heterocycles. The monoisotopic (exact) mass is 193 g/mol. The van der Waals surface area contributed by atoms with Crippen LogP contribution < -0.4 is 0 Å². The third kappa shape index (κ3) is 9.32. The van der Waals surface area contributed by atoms with Crippen molar-refractivity contribution in [3.63, 3.8) is 0 Å². The minimum Gasteiger partial charge on any atom is -0.198 e. The molecule has 0 aromatic rings. The highest BCUT2D eigenvalue weighted by Gasteiger charge is 1.92. The van der Waals surface area contributed by atoms with Crippen LogP contribution in [-0.4, -0.2) is 0 Å². The molecule has 0 aliphatic heterocycles. The van der Waals surface area contributed by atoms with E-state index in [0.717, 1.165) is 0 Å². The molecule has 0 aliphatic rings. The van der Waals surface area contributed by atoms with Gasteiger partial charge in [-0.2, -0.15) is 5.26 Å². The highest BCUT2D eigenvalue weighted by Crippen LogP contribution is 2.11. The molecule has 0 spiro atoms. The lowest BCUT2D eigenvalue weighted by Gasteiger charge is -2.01. The maximum Gasteiger partial charge on any atom is 0.0663 e. The SMILES string of the molecule is CCCCCCCCC(C)=CCC#N. The summed E-state index contributed by atoms with van der Waals surface area (Å²) in [6.45, 7) is 4.37. The summed E-state index contributed by atoms with van der Waals surface area (Å²) < 4.78 is 0. The Labute approximate surface area is 88.8 Å². The van der Waals surface area contributed by atoms with Gasteiger partial charge in [0, 0.05) is 0 Å². The van der Waals surface area contributed by atoms with Crippen LogP contribution in [0.25, 0.3) is 0 Å². The summed E-state index contributed by atoms with van der Waals surface area (Å²) in [7, 11) is 0. The third-order valence-corrected chi connectivity index (χ3v) is 2.47. The number of hydrogen-bond acceptors (Lipinski definition) is 1. The normalized spacial score (nSPS) is 11.4. The van der Waals surface area contributed by atoms with Crippen molar-refractivity contribution >= 4 is 0 Å². The Hall–Kier alpha value is -0.770. The van der Waals surface area contributed by atoms with Crippen LogP contribution in [-0.2, 0) is 0 Å². The van der Waals surface area contributed by atoms with Gasteiger partial charge in [-0.05, 0) is 19.8 Å². The molecule has 0 fully saturated rings. The standard InChI is InChI=1S/C13H23N/c1-3-4-5-6-7-8-10-13(2)11-9-12-14/h11H,3-10H2,1-2H3. The quantitative estimate of drug-likeness (QED) is 0.408. The number of rotatable bonds is 8. The van der Waals surface area contributed by atoms with Crippen molar-refractivity contribution < 1.29 is 0 Å². The van der Waals surface area contributed by atoms with Gasteiger partial charge in [-0.25, -0.2) is 0 Å². The van der Waals surface area contributed by atoms with Crippen LogP contribution in [0.5, 0.6) is 0 Å². The van der Waals surface area contributed by atoms with E-state index in [1.807, 2.05) is 6.08 Å². The highest BCUT2D eigenvalue weighted by molar-refractivity contribution is 5.01. The number of nitrogens with zero attached hydrogens (tertiary/aromatic N) is 1. The van der Waals surface area contributed by atoms with Crippen molar-refractivity contribution in [1.82, 2.24) is 0 Å². The van der Waals surface area contributed by atoms with E-state index >= 15 is 0 Å². The van der Waals surface area contributed by atoms with Gasteiger partial charge in [-0.1, -0.05) is 50.7 Å². The second-order valence-electron chi connectivity index (χ2n) is 3.93. The fourth-order valence-corrected chi connectivity index (χ4v) is 1.51. The minimum absolute atomic E-state index is 0.571. The van der Waals surface area contributed by atoms with Crippen LogP contribution in [0.3, 0.4) is 0 Å². The molecule has 0 bridgehead atoms. The smallest absolute Gasteiger partial charge is 0.0663 e. The van der Waals surface area contributed by atoms with Crippen molar-refractivity contribution in [3.05, 3.63) is 11.6 Å². The maximum atomic E-state index is 8.39. The van der Waals surface area contributed by atoms with Crippen molar-refractivity contribution in [2.75, 3.05) is 0 Å². The molecule has 0 unspecified atom stereocenters. The van der Waals surface area contributed by atoms with E-state index in [2.05, 4.69) is 19.9 Å². The molecule has 0 aliphatic carbocycles. The van der Waals surface area contributed by atoms with Gasteiger partial charge in [-0.3, -0.25) is 0 Å². The number of nitriles is 1. The summed E-state index contributed by atoms with van der Waals surface area (Å²) in [6.07, 6.45) is 11.9. The van der Waals surface area contributed by atoms with Crippen LogP contribution in [0.4, 0.5) is 0 Å². The zero-order chi connectivity index (χ0) is 10.6. The largest absolute Gasteiger partial charge is 0.198 e. The Morgan fingerprint density at radius 2 is 1.79 bits per heavy atom. The van der Waals surface area contributed by atoms with E-state index in [-0.39, 0.29) is 0 Å². The molecule has 14 heavy (non-hydrogen) atoms.